The van der Waals surface area contributed by atoms with Crippen molar-refractivity contribution in [2.75, 3.05) is 0 Å². The molecule has 0 aliphatic carbocycles. The summed E-state index contributed by atoms with van der Waals surface area (Å²) < 4.78 is 0. The van der Waals surface area contributed by atoms with Gasteiger partial charge < -0.3 is 5.73 Å². The molecule has 0 aromatic heterocycles. The summed E-state index contributed by atoms with van der Waals surface area (Å²) >= 11 is 0. The zero-order valence-corrected chi connectivity index (χ0v) is 7.43. The highest BCUT2D eigenvalue weighted by Crippen LogP contribution is 2.17. The van der Waals surface area contributed by atoms with E-state index in [9.17, 15) is 0 Å². The second-order valence-corrected chi connectivity index (χ2v) is 2.83. The van der Waals surface area contributed by atoms with Crippen LogP contribution in [0, 0.1) is 0 Å². The van der Waals surface area contributed by atoms with Gasteiger partial charge in [-0.25, -0.2) is 0 Å². The van der Waals surface area contributed by atoms with E-state index in [0.29, 0.717) is 0 Å². The molecule has 1 nitrogen and oxygen atoms in total. The summed E-state index contributed by atoms with van der Waals surface area (Å²) in [6.45, 7) is 11.4. The van der Waals surface area contributed by atoms with Crippen molar-refractivity contribution >= 4 is 0 Å². The summed E-state index contributed by atoms with van der Waals surface area (Å²) in [7, 11) is 0. The molecule has 1 heteroatoms. The van der Waals surface area contributed by atoms with E-state index in [1.165, 1.54) is 0 Å². The molecule has 0 rings (SSSR count). The van der Waals surface area contributed by atoms with Crippen LogP contribution in [0.15, 0.2) is 37.0 Å². The highest BCUT2D eigenvalue weighted by Gasteiger charge is 2.17. The molecule has 62 valence electrons. The molecule has 0 amide bonds. The van der Waals surface area contributed by atoms with Gasteiger partial charge in [0.15, 0.2) is 0 Å². The van der Waals surface area contributed by atoms with Crippen LogP contribution >= 0.6 is 0 Å². The van der Waals surface area contributed by atoms with Gasteiger partial charge in [0.1, 0.15) is 0 Å². The Bertz CT molecular complexity index is 175. The molecular formula is C10H17N. The summed E-state index contributed by atoms with van der Waals surface area (Å²) in [6.07, 6.45) is 6.32. The predicted octanol–water partition coefficient (Wildman–Crippen LogP) is 2.41. The van der Waals surface area contributed by atoms with Gasteiger partial charge in [0.2, 0.25) is 0 Å². The van der Waals surface area contributed by atoms with E-state index in [2.05, 4.69) is 20.1 Å². The monoisotopic (exact) mass is 151 g/mol. The molecule has 1 atom stereocenters. The molecule has 0 aromatic carbocycles. The van der Waals surface area contributed by atoms with E-state index in [4.69, 9.17) is 5.73 Å². The van der Waals surface area contributed by atoms with Crippen LogP contribution in [0.2, 0.25) is 0 Å². The Morgan fingerprint density at radius 3 is 2.36 bits per heavy atom. The topological polar surface area (TPSA) is 26.0 Å². The van der Waals surface area contributed by atoms with E-state index in [-0.39, 0.29) is 5.54 Å². The van der Waals surface area contributed by atoms with Crippen LogP contribution in [-0.4, -0.2) is 5.54 Å². The molecule has 0 saturated heterocycles. The van der Waals surface area contributed by atoms with Crippen LogP contribution in [0.3, 0.4) is 0 Å². The Morgan fingerprint density at radius 2 is 2.09 bits per heavy atom. The van der Waals surface area contributed by atoms with Crippen molar-refractivity contribution in [3.05, 3.63) is 37.0 Å². The summed E-state index contributed by atoms with van der Waals surface area (Å²) in [5, 5.41) is 0. The fourth-order valence-corrected chi connectivity index (χ4v) is 0.823. The largest absolute Gasteiger partial charge is 0.322 e. The Balaban J connectivity index is 4.62. The quantitative estimate of drug-likeness (QED) is 0.613. The molecule has 0 bridgehead atoms. The molecule has 0 aliphatic heterocycles. The first kappa shape index (κ1) is 10.2. The maximum absolute atomic E-state index is 5.97. The minimum absolute atomic E-state index is 0.268. The average molecular weight is 151 g/mol. The van der Waals surface area contributed by atoms with Gasteiger partial charge in [-0.3, -0.25) is 0 Å². The van der Waals surface area contributed by atoms with Crippen molar-refractivity contribution in [3.8, 4) is 0 Å². The second-order valence-electron chi connectivity index (χ2n) is 2.83. The molecule has 1 unspecified atom stereocenters. The van der Waals surface area contributed by atoms with Crippen molar-refractivity contribution < 1.29 is 0 Å². The lowest BCUT2D eigenvalue weighted by Crippen LogP contribution is -2.36. The van der Waals surface area contributed by atoms with E-state index in [1.54, 1.807) is 12.2 Å². The molecule has 0 saturated carbocycles. The predicted molar refractivity (Wildman–Crippen MR) is 51.4 cm³/mol. The molecular weight excluding hydrogens is 134 g/mol. The first-order valence-electron chi connectivity index (χ1n) is 3.83. The van der Waals surface area contributed by atoms with Crippen molar-refractivity contribution in [3.63, 3.8) is 0 Å². The molecule has 0 aromatic rings. The zero-order chi connectivity index (χ0) is 8.91. The smallest absolute Gasteiger partial charge is 0.0378 e. The first-order chi connectivity index (χ1) is 5.08. The van der Waals surface area contributed by atoms with Crippen molar-refractivity contribution in [2.45, 2.75) is 25.8 Å². The van der Waals surface area contributed by atoms with E-state index < -0.39 is 0 Å². The van der Waals surface area contributed by atoms with E-state index in [1.807, 2.05) is 13.0 Å². The standard InChI is InChI=1S/C10H17N/c1-5-8-9(6-2)10(4,11)7-3/h5-6,8H,1-2,7,11H2,3-4H3/b9-8+. The van der Waals surface area contributed by atoms with Crippen LogP contribution in [0.1, 0.15) is 20.3 Å². The average Bonchev–Trinajstić information content (AvgIpc) is 2.00. The molecule has 0 radical (unpaired) electrons. The minimum Gasteiger partial charge on any atom is -0.322 e. The number of hydrogen-bond acceptors (Lipinski definition) is 1. The third-order valence-corrected chi connectivity index (χ3v) is 1.91. The van der Waals surface area contributed by atoms with E-state index in [0.717, 1.165) is 12.0 Å². The lowest BCUT2D eigenvalue weighted by molar-refractivity contribution is 0.542. The molecule has 11 heavy (non-hydrogen) atoms. The number of allylic oxidation sites excluding steroid dienone is 2. The Morgan fingerprint density at radius 1 is 1.55 bits per heavy atom. The van der Waals surface area contributed by atoms with Crippen molar-refractivity contribution in [1.29, 1.82) is 0 Å². The normalized spacial score (nSPS) is 17.2. The Kier molecular flexibility index (Phi) is 3.83. The van der Waals surface area contributed by atoms with Gasteiger partial charge >= 0.3 is 0 Å². The van der Waals surface area contributed by atoms with Crippen LogP contribution in [0.4, 0.5) is 0 Å². The third-order valence-electron chi connectivity index (χ3n) is 1.91. The molecule has 2 N–H and O–H groups in total. The van der Waals surface area contributed by atoms with Crippen LogP contribution in [-0.2, 0) is 0 Å². The van der Waals surface area contributed by atoms with Crippen molar-refractivity contribution in [1.82, 2.24) is 0 Å². The minimum atomic E-state index is -0.268. The van der Waals surface area contributed by atoms with Crippen LogP contribution < -0.4 is 5.73 Å². The fraction of sp³-hybridized carbons (Fsp3) is 0.400. The highest BCUT2D eigenvalue weighted by molar-refractivity contribution is 5.30. The van der Waals surface area contributed by atoms with Crippen LogP contribution in [0.5, 0.6) is 0 Å². The first-order valence-corrected chi connectivity index (χ1v) is 3.83. The number of rotatable bonds is 4. The summed E-state index contributed by atoms with van der Waals surface area (Å²) in [5.41, 5.74) is 6.74. The maximum Gasteiger partial charge on any atom is 0.0378 e. The van der Waals surface area contributed by atoms with Crippen LogP contribution in [0.25, 0.3) is 0 Å². The zero-order valence-electron chi connectivity index (χ0n) is 7.43. The number of nitrogens with two attached hydrogens (primary N) is 1. The van der Waals surface area contributed by atoms with Gasteiger partial charge in [0.05, 0.1) is 0 Å². The van der Waals surface area contributed by atoms with Gasteiger partial charge in [-0.1, -0.05) is 38.3 Å². The molecule has 0 aliphatic rings. The summed E-state index contributed by atoms with van der Waals surface area (Å²) in [5.74, 6) is 0. The van der Waals surface area contributed by atoms with E-state index >= 15 is 0 Å². The van der Waals surface area contributed by atoms with Gasteiger partial charge in [0.25, 0.3) is 0 Å². The lowest BCUT2D eigenvalue weighted by Gasteiger charge is -2.23. The fourth-order valence-electron chi connectivity index (χ4n) is 0.823. The SMILES string of the molecule is C=C/C=C(\C=C)C(C)(N)CC. The second kappa shape index (κ2) is 4.14. The number of hydrogen-bond donors (Lipinski definition) is 1. The van der Waals surface area contributed by atoms with Gasteiger partial charge in [-0.2, -0.15) is 0 Å². The maximum atomic E-state index is 5.97. The summed E-state index contributed by atoms with van der Waals surface area (Å²) in [6, 6.07) is 0. The third kappa shape index (κ3) is 2.72. The Hall–Kier alpha value is -0.820. The Labute approximate surface area is 69.3 Å². The molecule has 0 spiro atoms. The van der Waals surface area contributed by atoms with Gasteiger partial charge in [-0.05, 0) is 18.9 Å². The molecule has 0 heterocycles. The lowest BCUT2D eigenvalue weighted by atomic mass is 9.90. The van der Waals surface area contributed by atoms with Crippen molar-refractivity contribution in [2.24, 2.45) is 5.73 Å². The van der Waals surface area contributed by atoms with Gasteiger partial charge in [0, 0.05) is 5.54 Å². The highest BCUT2D eigenvalue weighted by atomic mass is 14.7. The molecule has 0 fully saturated rings. The summed E-state index contributed by atoms with van der Waals surface area (Å²) in [4.78, 5) is 0. The van der Waals surface area contributed by atoms with Gasteiger partial charge in [-0.15, -0.1) is 0 Å².